The minimum Gasteiger partial charge on any atom is -0.490 e. The van der Waals surface area contributed by atoms with Crippen LogP contribution in [0.15, 0.2) is 36.4 Å². The molecule has 0 aromatic heterocycles. The maximum Gasteiger partial charge on any atom is 0.269 e. The highest BCUT2D eigenvalue weighted by Gasteiger charge is 2.20. The molecule has 0 aliphatic carbocycles. The summed E-state index contributed by atoms with van der Waals surface area (Å²) in [6.07, 6.45) is 20.8. The quantitative estimate of drug-likeness (QED) is 0.0537. The van der Waals surface area contributed by atoms with E-state index in [-0.39, 0.29) is 0 Å². The van der Waals surface area contributed by atoms with E-state index in [0.29, 0.717) is 53.9 Å². The second kappa shape index (κ2) is 24.8. The van der Waals surface area contributed by atoms with Gasteiger partial charge in [0.1, 0.15) is 0 Å². The van der Waals surface area contributed by atoms with Gasteiger partial charge in [0.2, 0.25) is 5.75 Å². The summed E-state index contributed by atoms with van der Waals surface area (Å²) in [6.45, 7) is 8.25. The fraction of sp³-hybridized carbons (Fsp3) is 0.632. The van der Waals surface area contributed by atoms with Gasteiger partial charge >= 0.3 is 0 Å². The first-order chi connectivity index (χ1) is 22.5. The molecule has 0 heterocycles. The number of benzene rings is 2. The Hall–Kier alpha value is -3.42. The summed E-state index contributed by atoms with van der Waals surface area (Å²) in [5.41, 5.74) is 12.0. The van der Waals surface area contributed by atoms with Crippen LogP contribution in [0.2, 0.25) is 0 Å². The Labute approximate surface area is 278 Å². The molecular weight excluding hydrogens is 578 g/mol. The van der Waals surface area contributed by atoms with Crippen LogP contribution < -0.4 is 30.8 Å². The molecule has 0 spiro atoms. The van der Waals surface area contributed by atoms with E-state index < -0.39 is 11.8 Å². The van der Waals surface area contributed by atoms with Crippen LogP contribution in [0.1, 0.15) is 157 Å². The first kappa shape index (κ1) is 38.8. The molecule has 2 aromatic carbocycles. The van der Waals surface area contributed by atoms with Gasteiger partial charge in [-0.15, -0.1) is 0 Å². The number of ether oxygens (including phenoxy) is 3. The number of carbonyl (C=O) groups excluding carboxylic acids is 2. The van der Waals surface area contributed by atoms with Crippen molar-refractivity contribution in [2.24, 2.45) is 0 Å². The molecule has 0 saturated carbocycles. The van der Waals surface area contributed by atoms with Crippen molar-refractivity contribution in [1.29, 1.82) is 0 Å². The van der Waals surface area contributed by atoms with Crippen LogP contribution in [0.5, 0.6) is 17.2 Å². The smallest absolute Gasteiger partial charge is 0.269 e. The summed E-state index contributed by atoms with van der Waals surface area (Å²) >= 11 is 0. The molecule has 0 atom stereocenters. The number of carbonyl (C=O) groups is 2. The van der Waals surface area contributed by atoms with Crippen LogP contribution in [0.3, 0.4) is 0 Å². The van der Waals surface area contributed by atoms with Gasteiger partial charge in [-0.25, -0.2) is 0 Å². The first-order valence-corrected chi connectivity index (χ1v) is 18.0. The van der Waals surface area contributed by atoms with Gasteiger partial charge in [-0.2, -0.15) is 0 Å². The summed E-state index contributed by atoms with van der Waals surface area (Å²) < 4.78 is 18.9. The topological polar surface area (TPSA) is 112 Å². The summed E-state index contributed by atoms with van der Waals surface area (Å²) in [6, 6.07) is 9.87. The second-order valence-corrected chi connectivity index (χ2v) is 12.2. The Morgan fingerprint density at radius 1 is 0.522 bits per heavy atom. The lowest BCUT2D eigenvalue weighted by Crippen LogP contribution is -2.41. The highest BCUT2D eigenvalue weighted by Crippen LogP contribution is 2.39. The normalized spacial score (nSPS) is 10.8. The van der Waals surface area contributed by atoms with Crippen LogP contribution >= 0.6 is 0 Å². The molecule has 0 aliphatic rings. The summed E-state index contributed by atoms with van der Waals surface area (Å²) in [5.74, 6) is 0.629. The third kappa shape index (κ3) is 16.2. The van der Waals surface area contributed by atoms with Crippen molar-refractivity contribution in [3.8, 4) is 17.2 Å². The van der Waals surface area contributed by atoms with Crippen molar-refractivity contribution in [2.75, 3.05) is 25.6 Å². The largest absolute Gasteiger partial charge is 0.490 e. The number of hydrogen-bond donors (Lipinski definition) is 3. The first-order valence-electron chi connectivity index (χ1n) is 18.0. The van der Waals surface area contributed by atoms with E-state index in [1.54, 1.807) is 36.4 Å². The number of amides is 2. The van der Waals surface area contributed by atoms with Gasteiger partial charge in [0.05, 0.1) is 19.8 Å². The zero-order valence-corrected chi connectivity index (χ0v) is 28.9. The van der Waals surface area contributed by atoms with Crippen LogP contribution in [0, 0.1) is 0 Å². The maximum absolute atomic E-state index is 13.3. The number of unbranched alkanes of at least 4 members (excludes halogenated alkanes) is 15. The average molecular weight is 640 g/mol. The summed E-state index contributed by atoms with van der Waals surface area (Å²) in [7, 11) is 0. The zero-order chi connectivity index (χ0) is 33.2. The predicted octanol–water partition coefficient (Wildman–Crippen LogP) is 9.56. The Kier molecular flexibility index (Phi) is 20.9. The van der Waals surface area contributed by atoms with Crippen LogP contribution in [0.25, 0.3) is 0 Å². The molecule has 0 fully saturated rings. The van der Waals surface area contributed by atoms with Crippen molar-refractivity contribution < 1.29 is 23.8 Å². The van der Waals surface area contributed by atoms with E-state index in [1.165, 1.54) is 77.0 Å². The van der Waals surface area contributed by atoms with Crippen molar-refractivity contribution in [1.82, 2.24) is 10.9 Å². The number of hydrogen-bond acceptors (Lipinski definition) is 6. The molecule has 0 bridgehead atoms. The molecule has 46 heavy (non-hydrogen) atoms. The van der Waals surface area contributed by atoms with E-state index in [0.717, 1.165) is 38.5 Å². The Balaban J connectivity index is 2.18. The lowest BCUT2D eigenvalue weighted by molar-refractivity contribution is 0.0846. The molecule has 258 valence electrons. The molecule has 0 aliphatic heterocycles. The van der Waals surface area contributed by atoms with Crippen molar-refractivity contribution in [2.45, 2.75) is 136 Å². The SMILES string of the molecule is CCCCCCCCOc1cc(C(=O)NNC(=O)c2ccc(N)cc2)cc(OCCCCCCCC)c1OCCCCCCCC. The lowest BCUT2D eigenvalue weighted by Gasteiger charge is -2.19. The third-order valence-corrected chi connectivity index (χ3v) is 8.00. The fourth-order valence-corrected chi connectivity index (χ4v) is 5.14. The minimum absolute atomic E-state index is 0.320. The van der Waals surface area contributed by atoms with Gasteiger partial charge < -0.3 is 19.9 Å². The van der Waals surface area contributed by atoms with Crippen LogP contribution in [-0.4, -0.2) is 31.6 Å². The van der Waals surface area contributed by atoms with Crippen molar-refractivity contribution >= 4 is 17.5 Å². The monoisotopic (exact) mass is 639 g/mol. The Morgan fingerprint density at radius 2 is 0.891 bits per heavy atom. The molecule has 2 rings (SSSR count). The van der Waals surface area contributed by atoms with Gasteiger partial charge in [0.25, 0.3) is 11.8 Å². The highest BCUT2D eigenvalue weighted by molar-refractivity contribution is 5.99. The van der Waals surface area contributed by atoms with Gasteiger partial charge in [0.15, 0.2) is 11.5 Å². The molecule has 2 aromatic rings. The van der Waals surface area contributed by atoms with E-state index in [9.17, 15) is 9.59 Å². The van der Waals surface area contributed by atoms with Crippen molar-refractivity contribution in [3.05, 3.63) is 47.5 Å². The van der Waals surface area contributed by atoms with E-state index in [1.807, 2.05) is 0 Å². The highest BCUT2D eigenvalue weighted by atomic mass is 16.5. The minimum atomic E-state index is -0.472. The van der Waals surface area contributed by atoms with E-state index >= 15 is 0 Å². The van der Waals surface area contributed by atoms with Crippen LogP contribution in [0.4, 0.5) is 5.69 Å². The number of nitrogens with one attached hydrogen (secondary N) is 2. The summed E-state index contributed by atoms with van der Waals surface area (Å²) in [5, 5.41) is 0. The standard InChI is InChI=1S/C38H61N3O5/c1-4-7-10-13-16-19-26-44-34-29-32(38(43)41-40-37(42)31-22-24-33(39)25-23-31)30-35(45-27-20-17-14-11-8-5-2)36(34)46-28-21-18-15-12-9-6-3/h22-25,29-30H,4-21,26-28,39H2,1-3H3,(H,40,42)(H,41,43). The third-order valence-electron chi connectivity index (χ3n) is 8.00. The number of nitrogens with two attached hydrogens (primary N) is 1. The number of hydrazine groups is 1. The maximum atomic E-state index is 13.3. The molecular formula is C38H61N3O5. The zero-order valence-electron chi connectivity index (χ0n) is 28.9. The van der Waals surface area contributed by atoms with Gasteiger partial charge in [0, 0.05) is 16.8 Å². The predicted molar refractivity (Wildman–Crippen MR) is 189 cm³/mol. The Bertz CT molecular complexity index is 1070. The van der Waals surface area contributed by atoms with Gasteiger partial charge in [-0.05, 0) is 55.7 Å². The van der Waals surface area contributed by atoms with Crippen molar-refractivity contribution in [3.63, 3.8) is 0 Å². The molecule has 8 heteroatoms. The molecule has 8 nitrogen and oxygen atoms in total. The molecule has 0 unspecified atom stereocenters. The second-order valence-electron chi connectivity index (χ2n) is 12.2. The average Bonchev–Trinajstić information content (AvgIpc) is 3.06. The number of nitrogen functional groups attached to an aromatic ring is 1. The molecule has 0 saturated heterocycles. The molecule has 4 N–H and O–H groups in total. The van der Waals surface area contributed by atoms with E-state index in [4.69, 9.17) is 19.9 Å². The number of rotatable bonds is 26. The fourth-order valence-electron chi connectivity index (χ4n) is 5.14. The van der Waals surface area contributed by atoms with E-state index in [2.05, 4.69) is 31.6 Å². The van der Waals surface area contributed by atoms with Gasteiger partial charge in [-0.1, -0.05) is 117 Å². The van der Waals surface area contributed by atoms with Gasteiger partial charge in [-0.3, -0.25) is 20.4 Å². The number of anilines is 1. The van der Waals surface area contributed by atoms with Crippen LogP contribution in [-0.2, 0) is 0 Å². The molecule has 2 amide bonds. The molecule has 0 radical (unpaired) electrons. The summed E-state index contributed by atoms with van der Waals surface area (Å²) in [4.78, 5) is 25.9. The Morgan fingerprint density at radius 3 is 1.33 bits per heavy atom. The lowest BCUT2D eigenvalue weighted by atomic mass is 10.1.